The molecule has 0 radical (unpaired) electrons. The summed E-state index contributed by atoms with van der Waals surface area (Å²) in [6.45, 7) is 1.95. The van der Waals surface area contributed by atoms with Gasteiger partial charge < -0.3 is 14.8 Å². The van der Waals surface area contributed by atoms with Crippen LogP contribution in [-0.4, -0.2) is 21.2 Å². The van der Waals surface area contributed by atoms with Gasteiger partial charge in [-0.15, -0.1) is 10.2 Å². The molecule has 0 aliphatic rings. The van der Waals surface area contributed by atoms with E-state index in [1.807, 2.05) is 31.2 Å². The highest BCUT2D eigenvalue weighted by Crippen LogP contribution is 2.19. The van der Waals surface area contributed by atoms with Gasteiger partial charge in [0.15, 0.2) is 0 Å². The van der Waals surface area contributed by atoms with E-state index in [2.05, 4.69) is 15.5 Å². The molecule has 0 aliphatic heterocycles. The van der Waals surface area contributed by atoms with Gasteiger partial charge >= 0.3 is 0 Å². The van der Waals surface area contributed by atoms with Gasteiger partial charge in [-0.05, 0) is 36.8 Å². The van der Waals surface area contributed by atoms with Crippen molar-refractivity contribution in [2.45, 2.75) is 26.4 Å². The van der Waals surface area contributed by atoms with E-state index in [4.69, 9.17) is 9.52 Å². The molecule has 1 heterocycles. The standard InChI is InChI=1S/C19H19N3O3/c1-13-5-7-15(8-6-13)19-22-21-18(25-19)10-9-17(24)20-16-4-2-3-14(11-16)12-23/h2-8,11,23H,9-10,12H2,1H3,(H,20,24). The fourth-order valence-electron chi connectivity index (χ4n) is 2.36. The summed E-state index contributed by atoms with van der Waals surface area (Å²) in [6, 6.07) is 14.9. The monoisotopic (exact) mass is 337 g/mol. The Balaban J connectivity index is 1.56. The number of benzene rings is 2. The van der Waals surface area contributed by atoms with Gasteiger partial charge in [-0.2, -0.15) is 0 Å². The molecule has 0 atom stereocenters. The quantitative estimate of drug-likeness (QED) is 0.721. The molecule has 0 fully saturated rings. The molecule has 2 aromatic carbocycles. The third kappa shape index (κ3) is 4.51. The molecule has 3 rings (SSSR count). The minimum absolute atomic E-state index is 0.0620. The molecule has 3 aromatic rings. The highest BCUT2D eigenvalue weighted by Gasteiger charge is 2.11. The van der Waals surface area contributed by atoms with Gasteiger partial charge in [0.05, 0.1) is 6.61 Å². The zero-order chi connectivity index (χ0) is 17.6. The molecule has 0 saturated carbocycles. The van der Waals surface area contributed by atoms with Crippen LogP contribution in [0.5, 0.6) is 0 Å². The van der Waals surface area contributed by atoms with Crippen LogP contribution in [0.4, 0.5) is 5.69 Å². The van der Waals surface area contributed by atoms with Crippen molar-refractivity contribution in [1.82, 2.24) is 10.2 Å². The molecule has 0 spiro atoms. The fraction of sp³-hybridized carbons (Fsp3) is 0.211. The van der Waals surface area contributed by atoms with Gasteiger partial charge in [0, 0.05) is 24.1 Å². The van der Waals surface area contributed by atoms with Crippen LogP contribution in [0.15, 0.2) is 52.9 Å². The Morgan fingerprint density at radius 2 is 1.96 bits per heavy atom. The smallest absolute Gasteiger partial charge is 0.247 e. The number of anilines is 1. The predicted molar refractivity (Wildman–Crippen MR) is 93.8 cm³/mol. The number of amides is 1. The first-order valence-corrected chi connectivity index (χ1v) is 8.03. The second-order valence-electron chi connectivity index (χ2n) is 5.77. The Kier molecular flexibility index (Phi) is 5.20. The lowest BCUT2D eigenvalue weighted by molar-refractivity contribution is -0.116. The SMILES string of the molecule is Cc1ccc(-c2nnc(CCC(=O)Nc3cccc(CO)c3)o2)cc1. The van der Waals surface area contributed by atoms with Gasteiger partial charge in [-0.3, -0.25) is 4.79 Å². The van der Waals surface area contributed by atoms with Gasteiger partial charge in [0.1, 0.15) is 0 Å². The van der Waals surface area contributed by atoms with Crippen molar-refractivity contribution < 1.29 is 14.3 Å². The summed E-state index contributed by atoms with van der Waals surface area (Å²) in [5, 5.41) is 19.9. The summed E-state index contributed by atoms with van der Waals surface area (Å²) in [6.07, 6.45) is 0.600. The number of aliphatic hydroxyl groups excluding tert-OH is 1. The van der Waals surface area contributed by atoms with Crippen molar-refractivity contribution >= 4 is 11.6 Å². The van der Waals surface area contributed by atoms with Crippen molar-refractivity contribution in [3.05, 3.63) is 65.5 Å². The van der Waals surface area contributed by atoms with Gasteiger partial charge in [-0.25, -0.2) is 0 Å². The number of rotatable bonds is 6. The normalized spacial score (nSPS) is 10.6. The maximum Gasteiger partial charge on any atom is 0.247 e. The maximum absolute atomic E-state index is 12.0. The van der Waals surface area contributed by atoms with E-state index in [-0.39, 0.29) is 18.9 Å². The zero-order valence-electron chi connectivity index (χ0n) is 13.9. The van der Waals surface area contributed by atoms with Crippen LogP contribution in [-0.2, 0) is 17.8 Å². The topological polar surface area (TPSA) is 88.2 Å². The van der Waals surface area contributed by atoms with Gasteiger partial charge in [0.25, 0.3) is 0 Å². The van der Waals surface area contributed by atoms with Crippen LogP contribution < -0.4 is 5.32 Å². The predicted octanol–water partition coefficient (Wildman–Crippen LogP) is 3.11. The first-order valence-electron chi connectivity index (χ1n) is 8.03. The largest absolute Gasteiger partial charge is 0.421 e. The number of aryl methyl sites for hydroxylation is 2. The van der Waals surface area contributed by atoms with E-state index in [1.54, 1.807) is 24.3 Å². The average molecular weight is 337 g/mol. The van der Waals surface area contributed by atoms with E-state index in [9.17, 15) is 4.79 Å². The number of aliphatic hydroxyl groups is 1. The minimum Gasteiger partial charge on any atom is -0.421 e. The molecule has 1 aromatic heterocycles. The van der Waals surface area contributed by atoms with Crippen LogP contribution in [0.2, 0.25) is 0 Å². The molecule has 0 aliphatic carbocycles. The lowest BCUT2D eigenvalue weighted by Gasteiger charge is -2.05. The number of hydrogen-bond donors (Lipinski definition) is 2. The van der Waals surface area contributed by atoms with E-state index < -0.39 is 0 Å². The van der Waals surface area contributed by atoms with Crippen molar-refractivity contribution in [1.29, 1.82) is 0 Å². The molecular formula is C19H19N3O3. The summed E-state index contributed by atoms with van der Waals surface area (Å²) in [5.41, 5.74) is 3.42. The van der Waals surface area contributed by atoms with Crippen LogP contribution in [0.3, 0.4) is 0 Å². The Hall–Kier alpha value is -2.99. The Bertz CT molecular complexity index is 856. The van der Waals surface area contributed by atoms with Crippen LogP contribution in [0.25, 0.3) is 11.5 Å². The zero-order valence-corrected chi connectivity index (χ0v) is 13.9. The molecule has 0 bridgehead atoms. The van der Waals surface area contributed by atoms with Crippen molar-refractivity contribution in [3.63, 3.8) is 0 Å². The average Bonchev–Trinajstić information content (AvgIpc) is 3.10. The lowest BCUT2D eigenvalue weighted by Crippen LogP contribution is -2.12. The Labute approximate surface area is 145 Å². The number of aromatic nitrogens is 2. The summed E-state index contributed by atoms with van der Waals surface area (Å²) in [4.78, 5) is 12.0. The second-order valence-corrected chi connectivity index (χ2v) is 5.77. The second kappa shape index (κ2) is 7.72. The Morgan fingerprint density at radius 1 is 1.16 bits per heavy atom. The van der Waals surface area contributed by atoms with Crippen LogP contribution >= 0.6 is 0 Å². The number of carbonyl (C=O) groups is 1. The minimum atomic E-state index is -0.148. The molecule has 6 nitrogen and oxygen atoms in total. The van der Waals surface area contributed by atoms with E-state index in [0.29, 0.717) is 23.9 Å². The molecule has 2 N–H and O–H groups in total. The number of hydrogen-bond acceptors (Lipinski definition) is 5. The van der Waals surface area contributed by atoms with Gasteiger partial charge in [-0.1, -0.05) is 29.8 Å². The lowest BCUT2D eigenvalue weighted by atomic mass is 10.1. The van der Waals surface area contributed by atoms with E-state index in [1.165, 1.54) is 0 Å². The molecule has 128 valence electrons. The van der Waals surface area contributed by atoms with Crippen LogP contribution in [0, 0.1) is 6.92 Å². The fourth-order valence-corrected chi connectivity index (χ4v) is 2.36. The van der Waals surface area contributed by atoms with E-state index >= 15 is 0 Å². The summed E-state index contributed by atoms with van der Waals surface area (Å²) < 4.78 is 5.61. The molecule has 0 saturated heterocycles. The molecule has 0 unspecified atom stereocenters. The molecular weight excluding hydrogens is 318 g/mol. The maximum atomic E-state index is 12.0. The van der Waals surface area contributed by atoms with Crippen molar-refractivity contribution in [2.24, 2.45) is 0 Å². The third-order valence-corrected chi connectivity index (χ3v) is 3.72. The highest BCUT2D eigenvalue weighted by atomic mass is 16.4. The number of nitrogens with one attached hydrogen (secondary N) is 1. The molecule has 6 heteroatoms. The molecule has 25 heavy (non-hydrogen) atoms. The summed E-state index contributed by atoms with van der Waals surface area (Å²) in [7, 11) is 0. The number of nitrogens with zero attached hydrogens (tertiary/aromatic N) is 2. The Morgan fingerprint density at radius 3 is 2.72 bits per heavy atom. The summed E-state index contributed by atoms with van der Waals surface area (Å²) in [5.74, 6) is 0.728. The highest BCUT2D eigenvalue weighted by molar-refractivity contribution is 5.90. The van der Waals surface area contributed by atoms with Crippen LogP contribution in [0.1, 0.15) is 23.4 Å². The van der Waals surface area contributed by atoms with Crippen molar-refractivity contribution in [3.8, 4) is 11.5 Å². The van der Waals surface area contributed by atoms with Crippen molar-refractivity contribution in [2.75, 3.05) is 5.32 Å². The first kappa shape index (κ1) is 16.9. The number of carbonyl (C=O) groups excluding carboxylic acids is 1. The third-order valence-electron chi connectivity index (χ3n) is 3.72. The molecule has 1 amide bonds. The van der Waals surface area contributed by atoms with Gasteiger partial charge in [0.2, 0.25) is 17.7 Å². The first-order chi connectivity index (χ1) is 12.1. The van der Waals surface area contributed by atoms with E-state index in [0.717, 1.165) is 16.7 Å². The summed E-state index contributed by atoms with van der Waals surface area (Å²) >= 11 is 0.